The Kier molecular flexibility index (Phi) is 6.54. The zero-order chi connectivity index (χ0) is 23.6. The Bertz CT molecular complexity index is 1030. The second-order valence-corrected chi connectivity index (χ2v) is 9.15. The molecular weight excluding hydrogens is 418 g/mol. The highest BCUT2D eigenvalue weighted by Gasteiger charge is 2.48. The van der Waals surface area contributed by atoms with Gasteiger partial charge in [0.2, 0.25) is 5.91 Å². The van der Waals surface area contributed by atoms with E-state index in [0.717, 1.165) is 31.2 Å². The molecule has 4 rings (SSSR count). The van der Waals surface area contributed by atoms with Gasteiger partial charge in [0.15, 0.2) is 5.69 Å². The number of aromatic nitrogens is 2. The van der Waals surface area contributed by atoms with Crippen LogP contribution in [0.3, 0.4) is 0 Å². The van der Waals surface area contributed by atoms with E-state index in [9.17, 15) is 14.4 Å². The van der Waals surface area contributed by atoms with Gasteiger partial charge in [-0.3, -0.25) is 14.4 Å². The van der Waals surface area contributed by atoms with Crippen LogP contribution < -0.4 is 5.32 Å². The van der Waals surface area contributed by atoms with Crippen molar-refractivity contribution in [2.75, 3.05) is 13.1 Å². The Morgan fingerprint density at radius 2 is 1.88 bits per heavy atom. The fourth-order valence-corrected chi connectivity index (χ4v) is 5.03. The fourth-order valence-electron chi connectivity index (χ4n) is 5.03. The molecule has 1 saturated carbocycles. The molecule has 2 aliphatic rings. The first kappa shape index (κ1) is 23.0. The van der Waals surface area contributed by atoms with E-state index < -0.39 is 5.54 Å². The molecule has 1 N–H and O–H groups in total. The molecule has 1 atom stereocenters. The summed E-state index contributed by atoms with van der Waals surface area (Å²) in [6.45, 7) is 7.15. The Hall–Kier alpha value is -3.16. The van der Waals surface area contributed by atoms with Crippen LogP contribution in [0, 0.1) is 0 Å². The van der Waals surface area contributed by atoms with Crippen molar-refractivity contribution >= 4 is 17.7 Å². The number of fused-ring (bicyclic) bond motifs is 1. The normalized spacial score (nSPS) is 20.6. The number of hydrogen-bond acceptors (Lipinski definition) is 4. The zero-order valence-electron chi connectivity index (χ0n) is 19.7. The number of benzene rings is 1. The van der Waals surface area contributed by atoms with Crippen molar-refractivity contribution < 1.29 is 14.4 Å². The topological polar surface area (TPSA) is 87.5 Å². The number of nitrogens with one attached hydrogen (secondary N) is 1. The smallest absolute Gasteiger partial charge is 0.275 e. The van der Waals surface area contributed by atoms with Crippen LogP contribution in [0.15, 0.2) is 36.7 Å². The average Bonchev–Trinajstić information content (AvgIpc) is 3.48. The van der Waals surface area contributed by atoms with E-state index in [0.29, 0.717) is 19.6 Å². The minimum Gasteiger partial charge on any atom is -0.351 e. The molecule has 2 heterocycles. The van der Waals surface area contributed by atoms with Gasteiger partial charge in [0, 0.05) is 25.7 Å². The quantitative estimate of drug-likeness (QED) is 0.701. The van der Waals surface area contributed by atoms with E-state index in [-0.39, 0.29) is 41.7 Å². The maximum Gasteiger partial charge on any atom is 0.275 e. The summed E-state index contributed by atoms with van der Waals surface area (Å²) in [6, 6.07) is 9.91. The van der Waals surface area contributed by atoms with Crippen LogP contribution >= 0.6 is 0 Å². The molecule has 2 aromatic rings. The first-order chi connectivity index (χ1) is 15.9. The van der Waals surface area contributed by atoms with Crippen molar-refractivity contribution in [3.8, 4) is 0 Å². The molecule has 0 unspecified atom stereocenters. The number of amides is 3. The molecule has 0 radical (unpaired) electrons. The van der Waals surface area contributed by atoms with Gasteiger partial charge in [0.25, 0.3) is 11.8 Å². The van der Waals surface area contributed by atoms with Crippen LogP contribution in [0.1, 0.15) is 73.0 Å². The van der Waals surface area contributed by atoms with Crippen LogP contribution in [0.4, 0.5) is 0 Å². The predicted molar refractivity (Wildman–Crippen MR) is 125 cm³/mol. The van der Waals surface area contributed by atoms with Crippen molar-refractivity contribution in [3.05, 3.63) is 53.6 Å². The maximum atomic E-state index is 13.6. The summed E-state index contributed by atoms with van der Waals surface area (Å²) >= 11 is 0. The van der Waals surface area contributed by atoms with Gasteiger partial charge in [-0.1, -0.05) is 43.2 Å². The molecule has 1 aromatic carbocycles. The molecule has 1 aliphatic heterocycles. The van der Waals surface area contributed by atoms with E-state index in [1.165, 1.54) is 6.33 Å². The lowest BCUT2D eigenvalue weighted by Crippen LogP contribution is -2.64. The standard InChI is InChI=1S/C25H33N5O3/c1-4-28(15-18-11-7-6-8-12-18)22(31)20-21-23(32)30(5-2)25(3,16-29(21)17-26-20)24(33)27-19-13-9-10-14-19/h6-8,11-12,17,19H,4-5,9-10,13-16H2,1-3H3,(H,27,33)/t25-/m1/s1. The van der Waals surface area contributed by atoms with Crippen molar-refractivity contribution in [2.45, 2.75) is 71.1 Å². The number of rotatable bonds is 7. The third-order valence-corrected chi connectivity index (χ3v) is 6.94. The Morgan fingerprint density at radius 1 is 1.18 bits per heavy atom. The van der Waals surface area contributed by atoms with Crippen molar-refractivity contribution in [1.29, 1.82) is 0 Å². The van der Waals surface area contributed by atoms with E-state index in [4.69, 9.17) is 0 Å². The molecule has 0 bridgehead atoms. The Morgan fingerprint density at radius 3 is 2.52 bits per heavy atom. The Labute approximate surface area is 195 Å². The highest BCUT2D eigenvalue weighted by Crippen LogP contribution is 2.30. The van der Waals surface area contributed by atoms with Gasteiger partial charge in [-0.05, 0) is 39.2 Å². The molecule has 8 heteroatoms. The summed E-state index contributed by atoms with van der Waals surface area (Å²) < 4.78 is 1.67. The number of hydrogen-bond donors (Lipinski definition) is 1. The lowest BCUT2D eigenvalue weighted by Gasteiger charge is -2.43. The average molecular weight is 452 g/mol. The van der Waals surface area contributed by atoms with Crippen molar-refractivity contribution in [3.63, 3.8) is 0 Å². The Balaban J connectivity index is 1.60. The van der Waals surface area contributed by atoms with E-state index in [2.05, 4.69) is 10.3 Å². The lowest BCUT2D eigenvalue weighted by molar-refractivity contribution is -0.133. The van der Waals surface area contributed by atoms with Gasteiger partial charge < -0.3 is 19.7 Å². The first-order valence-corrected chi connectivity index (χ1v) is 11.9. The second kappa shape index (κ2) is 9.37. The van der Waals surface area contributed by atoms with E-state index in [1.54, 1.807) is 21.3 Å². The third kappa shape index (κ3) is 4.26. The van der Waals surface area contributed by atoms with Gasteiger partial charge in [-0.25, -0.2) is 4.98 Å². The van der Waals surface area contributed by atoms with Gasteiger partial charge in [-0.2, -0.15) is 0 Å². The molecule has 33 heavy (non-hydrogen) atoms. The van der Waals surface area contributed by atoms with Crippen LogP contribution in [0.2, 0.25) is 0 Å². The summed E-state index contributed by atoms with van der Waals surface area (Å²) in [5.74, 6) is -0.751. The van der Waals surface area contributed by atoms with Crippen LogP contribution in [-0.4, -0.2) is 61.7 Å². The number of carbonyl (C=O) groups is 3. The maximum absolute atomic E-state index is 13.6. The highest BCUT2D eigenvalue weighted by molar-refractivity contribution is 6.07. The first-order valence-electron chi connectivity index (χ1n) is 11.9. The SMILES string of the molecule is CCN(Cc1ccccc1)C(=O)c1ncn2c1C(=O)N(CC)[C@@](C)(C(=O)NC1CCCC1)C2. The second-order valence-electron chi connectivity index (χ2n) is 9.15. The van der Waals surface area contributed by atoms with Crippen molar-refractivity contribution in [2.24, 2.45) is 0 Å². The molecule has 1 fully saturated rings. The summed E-state index contributed by atoms with van der Waals surface area (Å²) in [4.78, 5) is 47.9. The largest absolute Gasteiger partial charge is 0.351 e. The monoisotopic (exact) mass is 451 g/mol. The summed E-state index contributed by atoms with van der Waals surface area (Å²) in [5.41, 5.74) is 0.393. The number of likely N-dealkylation sites (N-methyl/N-ethyl adjacent to an activating group) is 1. The minimum atomic E-state index is -1.03. The molecule has 1 aliphatic carbocycles. The minimum absolute atomic E-state index is 0.143. The molecule has 8 nitrogen and oxygen atoms in total. The van der Waals surface area contributed by atoms with Crippen LogP contribution in [0.25, 0.3) is 0 Å². The molecular formula is C25H33N5O3. The molecule has 0 spiro atoms. The van der Waals surface area contributed by atoms with Gasteiger partial charge in [0.1, 0.15) is 11.2 Å². The number of carbonyl (C=O) groups excluding carboxylic acids is 3. The summed E-state index contributed by atoms with van der Waals surface area (Å²) in [5, 5.41) is 3.15. The van der Waals surface area contributed by atoms with Crippen LogP contribution in [0.5, 0.6) is 0 Å². The fraction of sp³-hybridized carbons (Fsp3) is 0.520. The van der Waals surface area contributed by atoms with Crippen molar-refractivity contribution in [1.82, 2.24) is 24.7 Å². The number of imidazole rings is 1. The lowest BCUT2D eigenvalue weighted by atomic mass is 9.93. The van der Waals surface area contributed by atoms with E-state index in [1.807, 2.05) is 44.2 Å². The highest BCUT2D eigenvalue weighted by atomic mass is 16.2. The van der Waals surface area contributed by atoms with Gasteiger partial charge >= 0.3 is 0 Å². The molecule has 3 amide bonds. The molecule has 0 saturated heterocycles. The van der Waals surface area contributed by atoms with E-state index >= 15 is 0 Å². The zero-order valence-corrected chi connectivity index (χ0v) is 19.7. The summed E-state index contributed by atoms with van der Waals surface area (Å²) in [6.07, 6.45) is 5.71. The van der Waals surface area contributed by atoms with Crippen LogP contribution in [-0.2, 0) is 17.9 Å². The van der Waals surface area contributed by atoms with Gasteiger partial charge in [-0.15, -0.1) is 0 Å². The summed E-state index contributed by atoms with van der Waals surface area (Å²) in [7, 11) is 0. The molecule has 176 valence electrons. The number of nitrogens with zero attached hydrogens (tertiary/aromatic N) is 4. The third-order valence-electron chi connectivity index (χ3n) is 6.94. The molecule has 1 aromatic heterocycles. The predicted octanol–water partition coefficient (Wildman–Crippen LogP) is 2.84. The van der Waals surface area contributed by atoms with Gasteiger partial charge in [0.05, 0.1) is 12.9 Å².